The van der Waals surface area contributed by atoms with Crippen molar-refractivity contribution in [2.45, 2.75) is 44.6 Å². The number of hydrogen-bond acceptors (Lipinski definition) is 7. The second-order valence-corrected chi connectivity index (χ2v) is 10.9. The summed E-state index contributed by atoms with van der Waals surface area (Å²) in [6, 6.07) is 16.5. The highest BCUT2D eigenvalue weighted by Crippen LogP contribution is 2.40. The summed E-state index contributed by atoms with van der Waals surface area (Å²) in [5, 5.41) is 15.0. The molecular formula is C29H35N7O. The third-order valence-corrected chi connectivity index (χ3v) is 7.67. The number of anilines is 3. The zero-order chi connectivity index (χ0) is 25.6. The first-order valence-corrected chi connectivity index (χ1v) is 13.2. The van der Waals surface area contributed by atoms with Crippen LogP contribution in [0.1, 0.15) is 50.4 Å². The molecule has 0 bridgehead atoms. The van der Waals surface area contributed by atoms with Crippen molar-refractivity contribution in [2.24, 2.45) is 0 Å². The fourth-order valence-electron chi connectivity index (χ4n) is 5.15. The van der Waals surface area contributed by atoms with E-state index in [4.69, 9.17) is 9.97 Å². The largest absolute Gasteiger partial charge is 0.384 e. The summed E-state index contributed by atoms with van der Waals surface area (Å²) < 4.78 is 2.15. The Kier molecular flexibility index (Phi) is 6.09. The highest BCUT2D eigenvalue weighted by atomic mass is 16.3. The predicted molar refractivity (Wildman–Crippen MR) is 148 cm³/mol. The maximum absolute atomic E-state index is 10.6. The number of hydrogen-bond donors (Lipinski definition) is 2. The van der Waals surface area contributed by atoms with Gasteiger partial charge in [-0.05, 0) is 82.1 Å². The summed E-state index contributed by atoms with van der Waals surface area (Å²) in [6.45, 7) is 7.80. The van der Waals surface area contributed by atoms with Crippen LogP contribution >= 0.6 is 0 Å². The Labute approximate surface area is 218 Å². The van der Waals surface area contributed by atoms with E-state index >= 15 is 0 Å². The Morgan fingerprint density at radius 3 is 2.41 bits per heavy atom. The number of piperazine rings is 1. The van der Waals surface area contributed by atoms with Gasteiger partial charge in [0.05, 0.1) is 5.69 Å². The van der Waals surface area contributed by atoms with Gasteiger partial charge in [-0.25, -0.2) is 9.97 Å². The molecule has 2 fully saturated rings. The van der Waals surface area contributed by atoms with Crippen LogP contribution in [0, 0.1) is 0 Å². The summed E-state index contributed by atoms with van der Waals surface area (Å²) in [4.78, 5) is 19.2. The van der Waals surface area contributed by atoms with Crippen molar-refractivity contribution < 1.29 is 5.11 Å². The molecule has 192 valence electrons. The van der Waals surface area contributed by atoms with Crippen LogP contribution in [0.4, 0.5) is 17.3 Å². The zero-order valence-electron chi connectivity index (χ0n) is 21.9. The van der Waals surface area contributed by atoms with Crippen molar-refractivity contribution in [3.63, 3.8) is 0 Å². The monoisotopic (exact) mass is 497 g/mol. The molecule has 1 aromatic carbocycles. The molecule has 0 atom stereocenters. The van der Waals surface area contributed by atoms with Crippen molar-refractivity contribution >= 4 is 28.4 Å². The van der Waals surface area contributed by atoms with E-state index in [-0.39, 0.29) is 0 Å². The van der Waals surface area contributed by atoms with Crippen molar-refractivity contribution in [2.75, 3.05) is 43.4 Å². The molecule has 0 radical (unpaired) electrons. The normalized spacial score (nSPS) is 17.2. The van der Waals surface area contributed by atoms with Gasteiger partial charge in [0.25, 0.3) is 0 Å². The summed E-state index contributed by atoms with van der Waals surface area (Å²) in [5.41, 5.74) is 3.86. The molecule has 37 heavy (non-hydrogen) atoms. The molecule has 0 amide bonds. The van der Waals surface area contributed by atoms with Crippen LogP contribution in [0.5, 0.6) is 0 Å². The molecule has 0 spiro atoms. The third kappa shape index (κ3) is 4.79. The molecule has 1 saturated carbocycles. The predicted octanol–water partition coefficient (Wildman–Crippen LogP) is 4.81. The lowest BCUT2D eigenvalue weighted by molar-refractivity contribution is 0.0738. The second-order valence-electron chi connectivity index (χ2n) is 10.9. The van der Waals surface area contributed by atoms with Gasteiger partial charge in [0.2, 0.25) is 5.95 Å². The number of rotatable bonds is 6. The van der Waals surface area contributed by atoms with E-state index in [2.05, 4.69) is 62.0 Å². The number of likely N-dealkylation sites (N-methyl/N-ethyl adjacent to an activating group) is 1. The number of aliphatic hydroxyl groups is 1. The van der Waals surface area contributed by atoms with E-state index in [1.54, 1.807) is 13.8 Å². The number of nitrogens with zero attached hydrogens (tertiary/aromatic N) is 6. The van der Waals surface area contributed by atoms with E-state index in [9.17, 15) is 5.11 Å². The van der Waals surface area contributed by atoms with Gasteiger partial charge in [-0.3, -0.25) is 4.57 Å². The number of pyridine rings is 1. The molecule has 1 aliphatic carbocycles. The van der Waals surface area contributed by atoms with Crippen molar-refractivity contribution in [3.8, 4) is 5.82 Å². The molecule has 4 heterocycles. The quantitative estimate of drug-likeness (QED) is 0.396. The maximum Gasteiger partial charge on any atom is 0.229 e. The molecule has 3 aromatic heterocycles. The van der Waals surface area contributed by atoms with Gasteiger partial charge in [-0.15, -0.1) is 0 Å². The standard InChI is InChI=1S/C29H35N7O/c1-29(2,37)25-8-5-9-26(32-25)36-24(20-6-4-7-20)18-21-19-30-28(33-27(21)36)31-22-10-12-23(13-11-22)35-16-14-34(3)15-17-35/h5,8-13,18-20,37H,4,6-7,14-17H2,1-3H3,(H,30,31,33). The van der Waals surface area contributed by atoms with Crippen LogP contribution in [-0.4, -0.2) is 62.8 Å². The Bertz CT molecular complexity index is 1390. The molecule has 4 aromatic rings. The van der Waals surface area contributed by atoms with Gasteiger partial charge < -0.3 is 20.2 Å². The first kappa shape index (κ1) is 23.9. The zero-order valence-corrected chi connectivity index (χ0v) is 21.9. The van der Waals surface area contributed by atoms with Crippen LogP contribution in [0.15, 0.2) is 54.7 Å². The number of nitrogens with one attached hydrogen (secondary N) is 1. The average molecular weight is 498 g/mol. The van der Waals surface area contributed by atoms with Crippen molar-refractivity contribution in [3.05, 3.63) is 66.1 Å². The van der Waals surface area contributed by atoms with Crippen LogP contribution < -0.4 is 10.2 Å². The highest BCUT2D eigenvalue weighted by molar-refractivity contribution is 5.80. The first-order valence-electron chi connectivity index (χ1n) is 13.2. The Balaban J connectivity index is 1.32. The minimum absolute atomic E-state index is 0.486. The Morgan fingerprint density at radius 1 is 0.973 bits per heavy atom. The van der Waals surface area contributed by atoms with Gasteiger partial charge in [0.15, 0.2) is 5.65 Å². The molecule has 2 N–H and O–H groups in total. The maximum atomic E-state index is 10.6. The molecule has 0 unspecified atom stereocenters. The third-order valence-electron chi connectivity index (χ3n) is 7.67. The Morgan fingerprint density at radius 2 is 1.73 bits per heavy atom. The van der Waals surface area contributed by atoms with Crippen molar-refractivity contribution in [1.29, 1.82) is 0 Å². The van der Waals surface area contributed by atoms with Gasteiger partial charge in [0.1, 0.15) is 11.4 Å². The van der Waals surface area contributed by atoms with Crippen LogP contribution in [0.2, 0.25) is 0 Å². The van der Waals surface area contributed by atoms with E-state index in [1.165, 1.54) is 30.6 Å². The van der Waals surface area contributed by atoms with E-state index < -0.39 is 5.60 Å². The summed E-state index contributed by atoms with van der Waals surface area (Å²) in [6.07, 6.45) is 5.47. The van der Waals surface area contributed by atoms with E-state index in [0.717, 1.165) is 48.7 Å². The lowest BCUT2D eigenvalue weighted by atomic mass is 9.83. The summed E-state index contributed by atoms with van der Waals surface area (Å²) >= 11 is 0. The van der Waals surface area contributed by atoms with Crippen molar-refractivity contribution in [1.82, 2.24) is 24.4 Å². The average Bonchev–Trinajstić information content (AvgIpc) is 3.21. The lowest BCUT2D eigenvalue weighted by Gasteiger charge is -2.34. The molecule has 2 aliphatic rings. The minimum atomic E-state index is -1.02. The number of aromatic nitrogens is 4. The molecule has 1 saturated heterocycles. The number of fused-ring (bicyclic) bond motifs is 1. The van der Waals surface area contributed by atoms with Gasteiger partial charge in [-0.2, -0.15) is 4.98 Å². The lowest BCUT2D eigenvalue weighted by Crippen LogP contribution is -2.44. The molecular weight excluding hydrogens is 462 g/mol. The first-order chi connectivity index (χ1) is 17.8. The summed E-state index contributed by atoms with van der Waals surface area (Å²) in [5.74, 6) is 1.82. The fourth-order valence-corrected chi connectivity index (χ4v) is 5.15. The SMILES string of the molecule is CN1CCN(c2ccc(Nc3ncc4cc(C5CCC5)n(-c5cccc(C(C)(C)O)n5)c4n3)cc2)CC1. The fraction of sp³-hybridized carbons (Fsp3) is 0.414. The molecule has 8 nitrogen and oxygen atoms in total. The van der Waals surface area contributed by atoms with E-state index in [0.29, 0.717) is 17.6 Å². The smallest absolute Gasteiger partial charge is 0.229 e. The summed E-state index contributed by atoms with van der Waals surface area (Å²) in [7, 11) is 2.17. The van der Waals surface area contributed by atoms with Crippen LogP contribution in [0.25, 0.3) is 16.9 Å². The number of benzene rings is 1. The topological polar surface area (TPSA) is 82.3 Å². The van der Waals surface area contributed by atoms with E-state index in [1.807, 2.05) is 24.4 Å². The molecule has 8 heteroatoms. The van der Waals surface area contributed by atoms with Crippen LogP contribution in [-0.2, 0) is 5.60 Å². The minimum Gasteiger partial charge on any atom is -0.384 e. The highest BCUT2D eigenvalue weighted by Gasteiger charge is 2.27. The van der Waals surface area contributed by atoms with Gasteiger partial charge >= 0.3 is 0 Å². The second kappa shape index (κ2) is 9.43. The van der Waals surface area contributed by atoms with Crippen LogP contribution in [0.3, 0.4) is 0 Å². The molecule has 1 aliphatic heterocycles. The van der Waals surface area contributed by atoms with Gasteiger partial charge in [0, 0.05) is 54.8 Å². The van der Waals surface area contributed by atoms with Gasteiger partial charge in [-0.1, -0.05) is 12.5 Å². The Hall–Kier alpha value is -3.49. The molecule has 6 rings (SSSR count).